The molecule has 0 aliphatic carbocycles. The quantitative estimate of drug-likeness (QED) is 0.631. The zero-order valence-corrected chi connectivity index (χ0v) is 17.4. The summed E-state index contributed by atoms with van der Waals surface area (Å²) in [4.78, 5) is 16.8. The number of thiophene rings is 1. The van der Waals surface area contributed by atoms with Gasteiger partial charge in [0.1, 0.15) is 0 Å². The van der Waals surface area contributed by atoms with E-state index in [0.717, 1.165) is 28.7 Å². The molecule has 0 N–H and O–H groups in total. The second kappa shape index (κ2) is 8.69. The predicted molar refractivity (Wildman–Crippen MR) is 111 cm³/mol. The third-order valence-electron chi connectivity index (χ3n) is 4.95. The topological polar surface area (TPSA) is 38.8 Å². The van der Waals surface area contributed by atoms with Crippen LogP contribution >= 0.6 is 27.3 Å². The Kier molecular flexibility index (Phi) is 6.08. The number of ether oxygens (including phenoxy) is 2. The van der Waals surface area contributed by atoms with Crippen molar-refractivity contribution in [2.75, 3.05) is 26.3 Å². The lowest BCUT2D eigenvalue weighted by molar-refractivity contribution is -0.134. The van der Waals surface area contributed by atoms with Gasteiger partial charge in [-0.1, -0.05) is 28.1 Å². The lowest BCUT2D eigenvalue weighted by Crippen LogP contribution is -2.43. The molecule has 2 fully saturated rings. The molecular weight excluding hydrogens is 426 g/mol. The summed E-state index contributed by atoms with van der Waals surface area (Å²) < 4.78 is 12.3. The Morgan fingerprint density at radius 1 is 1.15 bits per heavy atom. The third-order valence-corrected chi connectivity index (χ3v) is 6.58. The van der Waals surface area contributed by atoms with Gasteiger partial charge in [0, 0.05) is 39.3 Å². The molecule has 2 saturated heterocycles. The maximum absolute atomic E-state index is 12.6. The number of nitrogens with zero attached hydrogens (tertiary/aromatic N) is 1. The van der Waals surface area contributed by atoms with E-state index in [1.165, 1.54) is 10.4 Å². The van der Waals surface area contributed by atoms with Crippen LogP contribution in [0.1, 0.15) is 17.7 Å². The maximum atomic E-state index is 12.6. The first-order valence-electron chi connectivity index (χ1n) is 9.25. The number of halogens is 1. The van der Waals surface area contributed by atoms with Gasteiger partial charge in [0.15, 0.2) is 6.29 Å². The molecule has 1 unspecified atom stereocenters. The Morgan fingerprint density at radius 3 is 2.70 bits per heavy atom. The van der Waals surface area contributed by atoms with Gasteiger partial charge < -0.3 is 14.4 Å². The van der Waals surface area contributed by atoms with Crippen molar-refractivity contribution in [2.45, 2.75) is 19.1 Å². The lowest BCUT2D eigenvalue weighted by Gasteiger charge is -2.34. The highest BCUT2D eigenvalue weighted by Gasteiger charge is 2.32. The highest BCUT2D eigenvalue weighted by molar-refractivity contribution is 9.10. The minimum atomic E-state index is -0.143. The van der Waals surface area contributed by atoms with Crippen LogP contribution in [0.3, 0.4) is 0 Å². The highest BCUT2D eigenvalue weighted by Crippen LogP contribution is 2.30. The standard InChI is InChI=1S/C21H22BrNO3S/c22-17-5-3-15(4-6-17)19-9-7-18(27-19)8-10-20(24)23-11-1-2-16(14-23)21-25-12-13-26-21/h3-10,16,21H,1-2,11-14H2/b10-8+. The summed E-state index contributed by atoms with van der Waals surface area (Å²) in [6.07, 6.45) is 5.52. The lowest BCUT2D eigenvalue weighted by atomic mass is 9.97. The Hall–Kier alpha value is -1.47. The smallest absolute Gasteiger partial charge is 0.246 e. The van der Waals surface area contributed by atoms with Crippen molar-refractivity contribution in [3.05, 3.63) is 51.8 Å². The molecule has 1 atom stereocenters. The number of rotatable bonds is 4. The average Bonchev–Trinajstić information content (AvgIpc) is 3.39. The molecule has 3 heterocycles. The first-order valence-corrected chi connectivity index (χ1v) is 10.9. The van der Waals surface area contributed by atoms with E-state index in [1.807, 2.05) is 23.1 Å². The Morgan fingerprint density at radius 2 is 1.93 bits per heavy atom. The molecule has 0 spiro atoms. The molecule has 6 heteroatoms. The van der Waals surface area contributed by atoms with Crippen LogP contribution in [0, 0.1) is 5.92 Å². The van der Waals surface area contributed by atoms with Crippen molar-refractivity contribution in [2.24, 2.45) is 5.92 Å². The minimum Gasteiger partial charge on any atom is -0.350 e. The van der Waals surface area contributed by atoms with Gasteiger partial charge in [0.05, 0.1) is 13.2 Å². The number of carbonyl (C=O) groups is 1. The number of benzene rings is 1. The van der Waals surface area contributed by atoms with E-state index in [-0.39, 0.29) is 18.1 Å². The van der Waals surface area contributed by atoms with Crippen molar-refractivity contribution < 1.29 is 14.3 Å². The van der Waals surface area contributed by atoms with Crippen LogP contribution in [0.4, 0.5) is 0 Å². The number of likely N-dealkylation sites (tertiary alicyclic amines) is 1. The van der Waals surface area contributed by atoms with Crippen LogP contribution in [-0.2, 0) is 14.3 Å². The van der Waals surface area contributed by atoms with Gasteiger partial charge >= 0.3 is 0 Å². The molecule has 142 valence electrons. The fourth-order valence-electron chi connectivity index (χ4n) is 3.55. The van der Waals surface area contributed by atoms with Crippen molar-refractivity contribution in [3.8, 4) is 10.4 Å². The predicted octanol–water partition coefficient (Wildman–Crippen LogP) is 4.80. The van der Waals surface area contributed by atoms with Crippen LogP contribution in [0.5, 0.6) is 0 Å². The third kappa shape index (κ3) is 4.69. The molecule has 1 aromatic heterocycles. The summed E-state index contributed by atoms with van der Waals surface area (Å²) in [5, 5.41) is 0. The number of carbonyl (C=O) groups excluding carboxylic acids is 1. The molecule has 4 rings (SSSR count). The fourth-order valence-corrected chi connectivity index (χ4v) is 4.73. The summed E-state index contributed by atoms with van der Waals surface area (Å²) in [6.45, 7) is 2.84. The number of piperidine rings is 1. The van der Waals surface area contributed by atoms with Crippen LogP contribution in [0.15, 0.2) is 46.9 Å². The first-order chi connectivity index (χ1) is 13.2. The molecule has 27 heavy (non-hydrogen) atoms. The molecule has 0 saturated carbocycles. The number of hydrogen-bond donors (Lipinski definition) is 0. The summed E-state index contributed by atoms with van der Waals surface area (Å²) >= 11 is 5.15. The summed E-state index contributed by atoms with van der Waals surface area (Å²) in [7, 11) is 0. The minimum absolute atomic E-state index is 0.0660. The number of amides is 1. The normalized spacial score (nSPS) is 21.2. The zero-order valence-electron chi connectivity index (χ0n) is 15.0. The van der Waals surface area contributed by atoms with E-state index >= 15 is 0 Å². The zero-order chi connectivity index (χ0) is 18.6. The van der Waals surface area contributed by atoms with Crippen LogP contribution in [-0.4, -0.2) is 43.4 Å². The summed E-state index contributed by atoms with van der Waals surface area (Å²) in [6, 6.07) is 12.4. The SMILES string of the molecule is O=C(/C=C/c1ccc(-c2ccc(Br)cc2)s1)N1CCCC(C2OCCO2)C1. The van der Waals surface area contributed by atoms with Gasteiger partial charge in [-0.05, 0) is 48.7 Å². The molecule has 2 aliphatic heterocycles. The fraction of sp³-hybridized carbons (Fsp3) is 0.381. The van der Waals surface area contributed by atoms with Gasteiger partial charge in [-0.3, -0.25) is 4.79 Å². The first kappa shape index (κ1) is 18.9. The van der Waals surface area contributed by atoms with Crippen LogP contribution < -0.4 is 0 Å². The molecule has 0 bridgehead atoms. The Bertz CT molecular complexity index is 811. The molecule has 1 aromatic carbocycles. The monoisotopic (exact) mass is 447 g/mol. The molecule has 1 amide bonds. The summed E-state index contributed by atoms with van der Waals surface area (Å²) in [5.74, 6) is 0.348. The Balaban J connectivity index is 1.37. The molecule has 2 aromatic rings. The van der Waals surface area contributed by atoms with Crippen molar-refractivity contribution in [1.29, 1.82) is 0 Å². The van der Waals surface area contributed by atoms with Crippen molar-refractivity contribution in [3.63, 3.8) is 0 Å². The second-order valence-corrected chi connectivity index (χ2v) is 8.87. The second-order valence-electron chi connectivity index (χ2n) is 6.84. The van der Waals surface area contributed by atoms with Gasteiger partial charge in [-0.15, -0.1) is 11.3 Å². The van der Waals surface area contributed by atoms with E-state index in [9.17, 15) is 4.79 Å². The molecule has 0 radical (unpaired) electrons. The highest BCUT2D eigenvalue weighted by atomic mass is 79.9. The van der Waals surface area contributed by atoms with Crippen molar-refractivity contribution in [1.82, 2.24) is 4.90 Å². The van der Waals surface area contributed by atoms with E-state index < -0.39 is 0 Å². The van der Waals surface area contributed by atoms with Gasteiger partial charge in [-0.25, -0.2) is 0 Å². The Labute approximate surface area is 171 Å². The molecule has 2 aliphatic rings. The molecule has 4 nitrogen and oxygen atoms in total. The van der Waals surface area contributed by atoms with Gasteiger partial charge in [-0.2, -0.15) is 0 Å². The maximum Gasteiger partial charge on any atom is 0.246 e. The molecular formula is C21H22BrNO3S. The van der Waals surface area contributed by atoms with Gasteiger partial charge in [0.25, 0.3) is 0 Å². The average molecular weight is 448 g/mol. The van der Waals surface area contributed by atoms with E-state index in [0.29, 0.717) is 19.8 Å². The van der Waals surface area contributed by atoms with E-state index in [2.05, 4.69) is 40.2 Å². The van der Waals surface area contributed by atoms with Gasteiger partial charge in [0.2, 0.25) is 5.91 Å². The van der Waals surface area contributed by atoms with Crippen LogP contribution in [0.25, 0.3) is 16.5 Å². The number of hydrogen-bond acceptors (Lipinski definition) is 4. The largest absolute Gasteiger partial charge is 0.350 e. The van der Waals surface area contributed by atoms with E-state index in [1.54, 1.807) is 17.4 Å². The van der Waals surface area contributed by atoms with Crippen LogP contribution in [0.2, 0.25) is 0 Å². The van der Waals surface area contributed by atoms with Crippen molar-refractivity contribution >= 4 is 39.2 Å². The summed E-state index contributed by atoms with van der Waals surface area (Å²) in [5.41, 5.74) is 1.18. The van der Waals surface area contributed by atoms with E-state index in [4.69, 9.17) is 9.47 Å².